The predicted octanol–water partition coefficient (Wildman–Crippen LogP) is 5.13. The molecule has 3 aromatic carbocycles. The lowest BCUT2D eigenvalue weighted by molar-refractivity contribution is 0.0934. The van der Waals surface area contributed by atoms with Gasteiger partial charge in [-0.1, -0.05) is 41.9 Å². The highest BCUT2D eigenvalue weighted by Gasteiger charge is 2.25. The molecule has 5 nitrogen and oxygen atoms in total. The maximum Gasteiger partial charge on any atom is 0.264 e. The standard InChI is InChI=1S/C23H21ClN2O3S2/c1-26(18-8-5-7-17(24)15-18)31(28,29)19-9-4-6-16(14-19)23(27)25-21-12-13-30-22-11-3-2-10-20(21)22/h2-11,14-15,21H,12-13H2,1H3,(H,25,27). The van der Waals surface area contributed by atoms with Crippen molar-refractivity contribution in [2.75, 3.05) is 17.1 Å². The second kappa shape index (κ2) is 8.94. The van der Waals surface area contributed by atoms with Crippen molar-refractivity contribution in [1.82, 2.24) is 5.32 Å². The van der Waals surface area contributed by atoms with Crippen molar-refractivity contribution in [3.05, 3.63) is 88.9 Å². The number of hydrogen-bond donors (Lipinski definition) is 1. The number of anilines is 1. The number of rotatable bonds is 5. The molecule has 160 valence electrons. The molecule has 1 aliphatic heterocycles. The van der Waals surface area contributed by atoms with Gasteiger partial charge in [0.2, 0.25) is 0 Å². The zero-order valence-electron chi connectivity index (χ0n) is 16.8. The number of benzene rings is 3. The van der Waals surface area contributed by atoms with Crippen LogP contribution in [0.2, 0.25) is 5.02 Å². The molecule has 1 atom stereocenters. The van der Waals surface area contributed by atoms with Gasteiger partial charge in [0.1, 0.15) is 0 Å². The Bertz CT molecular complexity index is 1230. The van der Waals surface area contributed by atoms with Crippen molar-refractivity contribution >= 4 is 45.0 Å². The fourth-order valence-electron chi connectivity index (χ4n) is 3.50. The molecule has 0 aliphatic carbocycles. The van der Waals surface area contributed by atoms with Crippen molar-refractivity contribution in [1.29, 1.82) is 0 Å². The molecule has 31 heavy (non-hydrogen) atoms. The van der Waals surface area contributed by atoms with Gasteiger partial charge in [0, 0.05) is 28.3 Å². The summed E-state index contributed by atoms with van der Waals surface area (Å²) in [5, 5.41) is 3.50. The summed E-state index contributed by atoms with van der Waals surface area (Å²) in [7, 11) is -2.39. The minimum Gasteiger partial charge on any atom is -0.345 e. The van der Waals surface area contributed by atoms with Gasteiger partial charge in [-0.05, 0) is 54.4 Å². The van der Waals surface area contributed by atoms with E-state index in [4.69, 9.17) is 11.6 Å². The predicted molar refractivity (Wildman–Crippen MR) is 125 cm³/mol. The van der Waals surface area contributed by atoms with Crippen LogP contribution >= 0.6 is 23.4 Å². The third kappa shape index (κ3) is 4.59. The van der Waals surface area contributed by atoms with Crippen molar-refractivity contribution in [3.8, 4) is 0 Å². The lowest BCUT2D eigenvalue weighted by atomic mass is 10.0. The number of sulfonamides is 1. The third-order valence-corrected chi connectivity index (χ3v) is 8.33. The van der Waals surface area contributed by atoms with E-state index in [0.29, 0.717) is 16.3 Å². The summed E-state index contributed by atoms with van der Waals surface area (Å²) >= 11 is 7.78. The average Bonchev–Trinajstić information content (AvgIpc) is 2.79. The molecule has 0 saturated carbocycles. The molecule has 1 heterocycles. The zero-order valence-corrected chi connectivity index (χ0v) is 19.2. The number of thioether (sulfide) groups is 1. The number of amides is 1. The van der Waals surface area contributed by atoms with Crippen LogP contribution < -0.4 is 9.62 Å². The number of fused-ring (bicyclic) bond motifs is 1. The van der Waals surface area contributed by atoms with E-state index in [1.54, 1.807) is 48.2 Å². The Morgan fingerprint density at radius 1 is 1.06 bits per heavy atom. The summed E-state index contributed by atoms with van der Waals surface area (Å²) in [6, 6.07) is 20.6. The van der Waals surface area contributed by atoms with Crippen LogP contribution in [-0.2, 0) is 10.0 Å². The smallest absolute Gasteiger partial charge is 0.264 e. The van der Waals surface area contributed by atoms with Gasteiger partial charge < -0.3 is 5.32 Å². The van der Waals surface area contributed by atoms with E-state index in [0.717, 1.165) is 22.0 Å². The van der Waals surface area contributed by atoms with Crippen molar-refractivity contribution in [3.63, 3.8) is 0 Å². The van der Waals surface area contributed by atoms with Gasteiger partial charge in [0.15, 0.2) is 0 Å². The Morgan fingerprint density at radius 2 is 1.84 bits per heavy atom. The minimum absolute atomic E-state index is 0.0437. The summed E-state index contributed by atoms with van der Waals surface area (Å²) in [5.74, 6) is 0.620. The number of nitrogens with one attached hydrogen (secondary N) is 1. The lowest BCUT2D eigenvalue weighted by Gasteiger charge is -2.26. The van der Waals surface area contributed by atoms with Gasteiger partial charge in [-0.25, -0.2) is 8.42 Å². The molecule has 8 heteroatoms. The van der Waals surface area contributed by atoms with Crippen molar-refractivity contribution in [2.24, 2.45) is 0 Å². The maximum absolute atomic E-state index is 13.1. The molecule has 1 aliphatic rings. The first-order chi connectivity index (χ1) is 14.9. The van der Waals surface area contributed by atoms with Gasteiger partial charge in [0.25, 0.3) is 15.9 Å². The van der Waals surface area contributed by atoms with Gasteiger partial charge in [-0.3, -0.25) is 9.10 Å². The average molecular weight is 473 g/mol. The van der Waals surface area contributed by atoms with Crippen LogP contribution in [0.3, 0.4) is 0 Å². The summed E-state index contributed by atoms with van der Waals surface area (Å²) in [4.78, 5) is 14.2. The molecule has 0 radical (unpaired) electrons. The van der Waals surface area contributed by atoms with Gasteiger partial charge in [0.05, 0.1) is 16.6 Å². The van der Waals surface area contributed by atoms with Crippen molar-refractivity contribution < 1.29 is 13.2 Å². The normalized spacial score (nSPS) is 15.7. The maximum atomic E-state index is 13.1. The number of carbonyl (C=O) groups excluding carboxylic acids is 1. The van der Waals surface area contributed by atoms with Crippen molar-refractivity contribution in [2.45, 2.75) is 22.3 Å². The van der Waals surface area contributed by atoms with Crippen LogP contribution in [-0.4, -0.2) is 27.1 Å². The summed E-state index contributed by atoms with van der Waals surface area (Å²) in [5.41, 5.74) is 1.84. The zero-order chi connectivity index (χ0) is 22.0. The van der Waals surface area contributed by atoms with Gasteiger partial charge in [-0.15, -0.1) is 11.8 Å². The highest BCUT2D eigenvalue weighted by Crippen LogP contribution is 2.36. The van der Waals surface area contributed by atoms with E-state index in [-0.39, 0.29) is 16.8 Å². The Hall–Kier alpha value is -2.48. The number of hydrogen-bond acceptors (Lipinski definition) is 4. The third-order valence-electron chi connectivity index (χ3n) is 5.19. The summed E-state index contributed by atoms with van der Waals surface area (Å²) in [6.45, 7) is 0. The van der Waals surface area contributed by atoms with E-state index in [2.05, 4.69) is 11.4 Å². The minimum atomic E-state index is -3.86. The first-order valence-corrected chi connectivity index (χ1v) is 12.5. The van der Waals surface area contributed by atoms with Crippen LogP contribution in [0.4, 0.5) is 5.69 Å². The molecule has 0 aromatic heterocycles. The highest BCUT2D eigenvalue weighted by atomic mass is 35.5. The SMILES string of the molecule is CN(c1cccc(Cl)c1)S(=O)(=O)c1cccc(C(=O)NC2CCSc3ccccc32)c1. The Labute approximate surface area is 191 Å². The quantitative estimate of drug-likeness (QED) is 0.558. The fraction of sp³-hybridized carbons (Fsp3) is 0.174. The molecule has 0 spiro atoms. The molecule has 3 aromatic rings. The molecule has 0 bridgehead atoms. The Morgan fingerprint density at radius 3 is 2.65 bits per heavy atom. The second-order valence-electron chi connectivity index (χ2n) is 7.18. The molecule has 1 N–H and O–H groups in total. The van der Waals surface area contributed by atoms with E-state index in [1.165, 1.54) is 24.1 Å². The first kappa shape index (κ1) is 21.7. The molecule has 1 amide bonds. The van der Waals surface area contributed by atoms with E-state index in [1.807, 2.05) is 18.2 Å². The van der Waals surface area contributed by atoms with Crippen LogP contribution in [0.25, 0.3) is 0 Å². The molecule has 1 unspecified atom stereocenters. The molecule has 0 fully saturated rings. The molecule has 4 rings (SSSR count). The molecular weight excluding hydrogens is 452 g/mol. The first-order valence-electron chi connectivity index (χ1n) is 9.73. The fourth-order valence-corrected chi connectivity index (χ4v) is 6.04. The number of carbonyl (C=O) groups is 1. The van der Waals surface area contributed by atoms with Crippen LogP contribution in [0, 0.1) is 0 Å². The highest BCUT2D eigenvalue weighted by molar-refractivity contribution is 7.99. The largest absolute Gasteiger partial charge is 0.345 e. The second-order valence-corrected chi connectivity index (χ2v) is 10.7. The van der Waals surface area contributed by atoms with E-state index >= 15 is 0 Å². The van der Waals surface area contributed by atoms with E-state index < -0.39 is 10.0 Å². The Balaban J connectivity index is 1.58. The summed E-state index contributed by atoms with van der Waals surface area (Å²) < 4.78 is 27.4. The Kier molecular flexibility index (Phi) is 6.27. The molecule has 0 saturated heterocycles. The van der Waals surface area contributed by atoms with Gasteiger partial charge in [-0.2, -0.15) is 0 Å². The summed E-state index contributed by atoms with van der Waals surface area (Å²) in [6.07, 6.45) is 0.822. The molecular formula is C23H21ClN2O3S2. The van der Waals surface area contributed by atoms with Crippen LogP contribution in [0.15, 0.2) is 82.6 Å². The lowest BCUT2D eigenvalue weighted by Crippen LogP contribution is -2.31. The van der Waals surface area contributed by atoms with Gasteiger partial charge >= 0.3 is 0 Å². The monoisotopic (exact) mass is 472 g/mol. The number of nitrogens with zero attached hydrogens (tertiary/aromatic N) is 1. The van der Waals surface area contributed by atoms with Crippen LogP contribution in [0.1, 0.15) is 28.4 Å². The topological polar surface area (TPSA) is 66.5 Å². The van der Waals surface area contributed by atoms with E-state index in [9.17, 15) is 13.2 Å². The van der Waals surface area contributed by atoms with Crippen LogP contribution in [0.5, 0.6) is 0 Å². The number of halogens is 1.